The highest BCUT2D eigenvalue weighted by atomic mass is 32.1. The summed E-state index contributed by atoms with van der Waals surface area (Å²) in [5, 5.41) is 23.8. The van der Waals surface area contributed by atoms with E-state index in [1.807, 2.05) is 0 Å². The first kappa shape index (κ1) is 24.4. The average Bonchev–Trinajstić information content (AvgIpc) is 3.09. The number of aliphatic carboxylic acids is 2. The van der Waals surface area contributed by atoms with Gasteiger partial charge in [0.2, 0.25) is 5.60 Å². The monoisotopic (exact) mass is 490 g/mol. The van der Waals surface area contributed by atoms with Crippen LogP contribution < -0.4 is 5.73 Å². The Hall–Kier alpha value is -3.20. The molecular formula is C18H20F2N4O8S. The lowest BCUT2D eigenvalue weighted by molar-refractivity contribution is -0.267. The highest BCUT2D eigenvalue weighted by Gasteiger charge is 2.65. The number of aromatic nitrogens is 1. The molecule has 1 saturated heterocycles. The van der Waals surface area contributed by atoms with Crippen LogP contribution in [0.15, 0.2) is 10.5 Å². The van der Waals surface area contributed by atoms with Crippen LogP contribution in [0.5, 0.6) is 0 Å². The first-order valence-electron chi connectivity index (χ1n) is 9.49. The number of Topliss-reactive ketones (excluding diaryl/α,β-unsaturated/α-hetero) is 1. The van der Waals surface area contributed by atoms with Gasteiger partial charge in [0, 0.05) is 11.8 Å². The Morgan fingerprint density at radius 2 is 1.97 bits per heavy atom. The van der Waals surface area contributed by atoms with E-state index in [1.54, 1.807) is 13.8 Å². The number of nitrogens with zero attached hydrogens (tertiary/aromatic N) is 3. The topological polar surface area (TPSA) is 182 Å². The Kier molecular flexibility index (Phi) is 6.14. The molecule has 1 aliphatic carbocycles. The molecule has 1 amide bonds. The summed E-state index contributed by atoms with van der Waals surface area (Å²) in [5.41, 5.74) is 1.68. The summed E-state index contributed by atoms with van der Waals surface area (Å²) < 4.78 is 26.7. The van der Waals surface area contributed by atoms with Crippen LogP contribution in [-0.2, 0) is 28.9 Å². The number of β-lactam (4-membered cyclic amide) rings is 1. The summed E-state index contributed by atoms with van der Waals surface area (Å²) in [6.07, 6.45) is -2.68. The normalized spacial score (nSPS) is 22.8. The SMILES string of the molecule is CC1(C)[C@H](CC(=O)/C(=N\OC2(C(=O)O)CC(F)(F)C2)c2csc(N)n2)C(=O)N1OCC(=O)O. The molecule has 0 radical (unpaired) electrons. The van der Waals surface area contributed by atoms with E-state index in [0.717, 1.165) is 16.4 Å². The highest BCUT2D eigenvalue weighted by Crippen LogP contribution is 2.48. The number of hydrogen-bond acceptors (Lipinski definition) is 10. The van der Waals surface area contributed by atoms with Gasteiger partial charge in [0.15, 0.2) is 23.2 Å². The molecule has 0 spiro atoms. The molecule has 33 heavy (non-hydrogen) atoms. The Labute approximate surface area is 188 Å². The summed E-state index contributed by atoms with van der Waals surface area (Å²) in [4.78, 5) is 61.3. The van der Waals surface area contributed by atoms with Gasteiger partial charge in [-0.05, 0) is 13.8 Å². The fraction of sp³-hybridized carbons (Fsp3) is 0.556. The molecule has 1 saturated carbocycles. The van der Waals surface area contributed by atoms with Gasteiger partial charge in [0.05, 0.1) is 24.3 Å². The molecule has 2 aliphatic rings. The van der Waals surface area contributed by atoms with E-state index < -0.39 is 78.2 Å². The first-order valence-corrected chi connectivity index (χ1v) is 10.4. The maximum Gasteiger partial charge on any atom is 0.351 e. The Morgan fingerprint density at radius 1 is 1.33 bits per heavy atom. The van der Waals surface area contributed by atoms with Crippen LogP contribution in [0.1, 0.15) is 38.8 Å². The van der Waals surface area contributed by atoms with E-state index in [0.29, 0.717) is 0 Å². The predicted molar refractivity (Wildman–Crippen MR) is 106 cm³/mol. The quantitative estimate of drug-likeness (QED) is 0.242. The van der Waals surface area contributed by atoms with Gasteiger partial charge in [-0.3, -0.25) is 14.4 Å². The molecule has 1 aromatic heterocycles. The lowest BCUT2D eigenvalue weighted by atomic mass is 9.74. The number of carboxylic acids is 2. The Balaban J connectivity index is 1.80. The van der Waals surface area contributed by atoms with Crippen molar-refractivity contribution in [3.63, 3.8) is 0 Å². The van der Waals surface area contributed by atoms with Crippen LogP contribution in [0.4, 0.5) is 13.9 Å². The van der Waals surface area contributed by atoms with Crippen LogP contribution in [0.3, 0.4) is 0 Å². The minimum atomic E-state index is -3.25. The predicted octanol–water partition coefficient (Wildman–Crippen LogP) is 0.911. The minimum absolute atomic E-state index is 0.0573. The second kappa shape index (κ2) is 8.30. The number of nitrogen functional groups attached to an aromatic ring is 1. The molecule has 1 aromatic rings. The van der Waals surface area contributed by atoms with Crippen molar-refractivity contribution in [3.8, 4) is 0 Å². The van der Waals surface area contributed by atoms with Crippen LogP contribution in [0.25, 0.3) is 0 Å². The number of carbonyl (C=O) groups is 4. The molecule has 0 aromatic carbocycles. The number of hydroxylamine groups is 2. The number of carboxylic acid groups (broad SMARTS) is 2. The molecule has 1 atom stereocenters. The third-order valence-electron chi connectivity index (χ3n) is 5.40. The van der Waals surface area contributed by atoms with Crippen molar-refractivity contribution in [1.29, 1.82) is 0 Å². The zero-order valence-corrected chi connectivity index (χ0v) is 18.2. The van der Waals surface area contributed by atoms with Crippen LogP contribution in [0, 0.1) is 5.92 Å². The molecule has 15 heteroatoms. The van der Waals surface area contributed by atoms with Gasteiger partial charge in [-0.2, -0.15) is 0 Å². The van der Waals surface area contributed by atoms with Crippen molar-refractivity contribution >= 4 is 45.8 Å². The van der Waals surface area contributed by atoms with Crippen molar-refractivity contribution in [1.82, 2.24) is 10.0 Å². The molecule has 2 fully saturated rings. The maximum atomic E-state index is 13.3. The number of oxime groups is 1. The van der Waals surface area contributed by atoms with Gasteiger partial charge >= 0.3 is 11.9 Å². The third kappa shape index (κ3) is 4.64. The molecule has 180 valence electrons. The summed E-state index contributed by atoms with van der Waals surface area (Å²) in [7, 11) is 0. The van der Waals surface area contributed by atoms with Gasteiger partial charge in [-0.1, -0.05) is 5.16 Å². The fourth-order valence-electron chi connectivity index (χ4n) is 3.58. The zero-order valence-electron chi connectivity index (χ0n) is 17.4. The number of hydrogen-bond donors (Lipinski definition) is 3. The maximum absolute atomic E-state index is 13.3. The molecule has 0 unspecified atom stereocenters. The lowest BCUT2D eigenvalue weighted by Gasteiger charge is -2.51. The van der Waals surface area contributed by atoms with Gasteiger partial charge < -0.3 is 20.8 Å². The van der Waals surface area contributed by atoms with Crippen LogP contribution in [-0.4, -0.2) is 73.3 Å². The second-order valence-electron chi connectivity index (χ2n) is 8.24. The molecule has 12 nitrogen and oxygen atoms in total. The number of halogens is 2. The minimum Gasteiger partial charge on any atom is -0.479 e. The van der Waals surface area contributed by atoms with E-state index in [1.165, 1.54) is 5.38 Å². The summed E-state index contributed by atoms with van der Waals surface area (Å²) >= 11 is 0.949. The van der Waals surface area contributed by atoms with Crippen molar-refractivity contribution < 1.29 is 47.8 Å². The molecule has 3 rings (SSSR count). The number of alkyl halides is 2. The zero-order chi connectivity index (χ0) is 24.8. The number of amides is 1. The third-order valence-corrected chi connectivity index (χ3v) is 6.07. The highest BCUT2D eigenvalue weighted by molar-refractivity contribution is 7.13. The Bertz CT molecular complexity index is 1030. The van der Waals surface area contributed by atoms with Gasteiger partial charge in [-0.15, -0.1) is 11.3 Å². The molecule has 2 heterocycles. The van der Waals surface area contributed by atoms with Crippen molar-refractivity contribution in [2.75, 3.05) is 12.3 Å². The average molecular weight is 490 g/mol. The summed E-state index contributed by atoms with van der Waals surface area (Å²) in [5.74, 6) is -8.56. The van der Waals surface area contributed by atoms with Gasteiger partial charge in [-0.25, -0.2) is 28.4 Å². The number of rotatable bonds is 10. The van der Waals surface area contributed by atoms with Crippen LogP contribution in [0.2, 0.25) is 0 Å². The Morgan fingerprint density at radius 3 is 2.42 bits per heavy atom. The summed E-state index contributed by atoms with van der Waals surface area (Å²) in [6, 6.07) is 0. The smallest absolute Gasteiger partial charge is 0.351 e. The van der Waals surface area contributed by atoms with Crippen molar-refractivity contribution in [2.45, 2.75) is 50.2 Å². The van der Waals surface area contributed by atoms with Crippen LogP contribution >= 0.6 is 11.3 Å². The van der Waals surface area contributed by atoms with Crippen molar-refractivity contribution in [2.24, 2.45) is 11.1 Å². The lowest BCUT2D eigenvalue weighted by Crippen LogP contribution is -2.68. The number of nitrogens with two attached hydrogens (primary N) is 1. The van der Waals surface area contributed by atoms with E-state index in [4.69, 9.17) is 20.5 Å². The number of carbonyl (C=O) groups excluding carboxylic acids is 2. The largest absolute Gasteiger partial charge is 0.479 e. The van der Waals surface area contributed by atoms with E-state index in [-0.39, 0.29) is 10.8 Å². The fourth-order valence-corrected chi connectivity index (χ4v) is 4.13. The standard InChI is InChI=1S/C18H20F2N4O8S/c1-16(2)8(13(28)24(16)31-4-11(26)27)3-10(25)12(9-5-33-15(21)22-9)23-32-17(14(29)30)6-18(19,20)7-17/h5,8H,3-4,6-7H2,1-2H3,(H2,21,22)(H,26,27)(H,29,30)/b23-12-/t8-/m1/s1. The van der Waals surface area contributed by atoms with E-state index >= 15 is 0 Å². The van der Waals surface area contributed by atoms with Gasteiger partial charge in [0.25, 0.3) is 11.8 Å². The number of anilines is 1. The number of thiazole rings is 1. The van der Waals surface area contributed by atoms with E-state index in [9.17, 15) is 33.1 Å². The molecule has 4 N–H and O–H groups in total. The second-order valence-corrected chi connectivity index (χ2v) is 9.13. The van der Waals surface area contributed by atoms with Gasteiger partial charge in [0.1, 0.15) is 5.69 Å². The van der Waals surface area contributed by atoms with Crippen molar-refractivity contribution in [3.05, 3.63) is 11.1 Å². The summed E-state index contributed by atoms with van der Waals surface area (Å²) in [6.45, 7) is 2.35. The number of ketones is 1. The molecule has 1 aliphatic heterocycles. The molecular weight excluding hydrogens is 470 g/mol. The molecule has 0 bridgehead atoms. The first-order chi connectivity index (χ1) is 15.2. The van der Waals surface area contributed by atoms with E-state index in [2.05, 4.69) is 10.1 Å².